The molecule has 0 heterocycles. The maximum absolute atomic E-state index is 12.6. The average molecular weight is 339 g/mol. The van der Waals surface area contributed by atoms with Crippen molar-refractivity contribution in [3.05, 3.63) is 64.7 Å². The van der Waals surface area contributed by atoms with E-state index in [1.54, 1.807) is 0 Å². The molecule has 0 fully saturated rings. The molecule has 0 bridgehead atoms. The second kappa shape index (κ2) is 8.70. The summed E-state index contributed by atoms with van der Waals surface area (Å²) < 4.78 is 5.97. The van der Waals surface area contributed by atoms with Crippen molar-refractivity contribution < 1.29 is 9.53 Å². The van der Waals surface area contributed by atoms with Gasteiger partial charge in [-0.2, -0.15) is 0 Å². The lowest BCUT2D eigenvalue weighted by Gasteiger charge is -2.22. The van der Waals surface area contributed by atoms with Crippen LogP contribution in [0, 0.1) is 13.8 Å². The molecule has 1 amide bonds. The molecule has 3 heteroatoms. The van der Waals surface area contributed by atoms with Crippen LogP contribution in [0.4, 0.5) is 0 Å². The monoisotopic (exact) mass is 339 g/mol. The highest BCUT2D eigenvalue weighted by molar-refractivity contribution is 5.81. The Kier molecular flexibility index (Phi) is 6.63. The molecule has 25 heavy (non-hydrogen) atoms. The summed E-state index contributed by atoms with van der Waals surface area (Å²) in [6, 6.07) is 14.3. The quantitative estimate of drug-likeness (QED) is 0.779. The van der Waals surface area contributed by atoms with Crippen LogP contribution < -0.4 is 10.1 Å². The maximum atomic E-state index is 12.6. The van der Waals surface area contributed by atoms with Crippen molar-refractivity contribution in [3.8, 4) is 5.75 Å². The van der Waals surface area contributed by atoms with Gasteiger partial charge in [-0.05, 0) is 56.4 Å². The Morgan fingerprint density at radius 3 is 2.32 bits per heavy atom. The molecule has 0 aromatic heterocycles. The van der Waals surface area contributed by atoms with Gasteiger partial charge in [0, 0.05) is 0 Å². The molecule has 134 valence electrons. The molecule has 0 saturated carbocycles. The second-order valence-corrected chi connectivity index (χ2v) is 6.61. The third-order valence-corrected chi connectivity index (χ3v) is 4.51. The van der Waals surface area contributed by atoms with Crippen LogP contribution in [0.15, 0.2) is 42.5 Å². The lowest BCUT2D eigenvalue weighted by molar-refractivity contribution is -0.128. The SMILES string of the molecule is CCc1ccc([C@H](C)NC(=O)[C@H](CC)Oc2ccc(C)cc2C)cc1. The zero-order valence-electron chi connectivity index (χ0n) is 15.9. The minimum absolute atomic E-state index is 0.0461. The number of amides is 1. The Morgan fingerprint density at radius 2 is 1.76 bits per heavy atom. The Labute approximate surface area is 151 Å². The van der Waals surface area contributed by atoms with Crippen molar-refractivity contribution in [3.63, 3.8) is 0 Å². The first-order valence-electron chi connectivity index (χ1n) is 9.07. The summed E-state index contributed by atoms with van der Waals surface area (Å²) in [7, 11) is 0. The molecule has 2 aromatic carbocycles. The molecule has 1 N–H and O–H groups in total. The third-order valence-electron chi connectivity index (χ3n) is 4.51. The van der Waals surface area contributed by atoms with E-state index in [1.165, 1.54) is 11.1 Å². The van der Waals surface area contributed by atoms with Gasteiger partial charge in [-0.15, -0.1) is 0 Å². The lowest BCUT2D eigenvalue weighted by atomic mass is 10.0. The first-order valence-corrected chi connectivity index (χ1v) is 9.07. The van der Waals surface area contributed by atoms with Crippen LogP contribution in [0.5, 0.6) is 5.75 Å². The van der Waals surface area contributed by atoms with E-state index in [0.29, 0.717) is 6.42 Å². The largest absolute Gasteiger partial charge is 0.480 e. The molecular formula is C22H29NO2. The third kappa shape index (κ3) is 5.09. The number of aryl methyl sites for hydroxylation is 3. The number of hydrogen-bond donors (Lipinski definition) is 1. The Hall–Kier alpha value is -2.29. The topological polar surface area (TPSA) is 38.3 Å². The molecule has 2 aromatic rings. The van der Waals surface area contributed by atoms with Crippen molar-refractivity contribution in [2.75, 3.05) is 0 Å². The molecule has 2 rings (SSSR count). The fourth-order valence-electron chi connectivity index (χ4n) is 2.84. The molecule has 0 radical (unpaired) electrons. The maximum Gasteiger partial charge on any atom is 0.261 e. The van der Waals surface area contributed by atoms with E-state index in [4.69, 9.17) is 4.74 Å². The van der Waals surface area contributed by atoms with Crippen LogP contribution in [0.3, 0.4) is 0 Å². The standard InChI is InChI=1S/C22H29NO2/c1-6-18-9-11-19(12-10-18)17(5)23-22(24)20(7-2)25-21-13-8-15(3)14-16(21)4/h8-14,17,20H,6-7H2,1-5H3,(H,23,24)/t17-,20-/m0/s1. The molecular weight excluding hydrogens is 310 g/mol. The first-order chi connectivity index (χ1) is 11.9. The summed E-state index contributed by atoms with van der Waals surface area (Å²) in [4.78, 5) is 12.6. The number of benzene rings is 2. The van der Waals surface area contributed by atoms with Gasteiger partial charge >= 0.3 is 0 Å². The van der Waals surface area contributed by atoms with Crippen LogP contribution >= 0.6 is 0 Å². The zero-order valence-corrected chi connectivity index (χ0v) is 15.9. The average Bonchev–Trinajstić information content (AvgIpc) is 2.61. The molecule has 0 aliphatic heterocycles. The Bertz CT molecular complexity index is 706. The molecule has 0 saturated heterocycles. The van der Waals surface area contributed by atoms with Crippen molar-refractivity contribution in [1.29, 1.82) is 0 Å². The van der Waals surface area contributed by atoms with Gasteiger partial charge in [-0.3, -0.25) is 4.79 Å². The van der Waals surface area contributed by atoms with Gasteiger partial charge in [0.25, 0.3) is 5.91 Å². The van der Waals surface area contributed by atoms with E-state index in [0.717, 1.165) is 23.3 Å². The van der Waals surface area contributed by atoms with Gasteiger partial charge in [0.15, 0.2) is 6.10 Å². The number of carbonyl (C=O) groups excluding carboxylic acids is 1. The van der Waals surface area contributed by atoms with Crippen LogP contribution in [-0.4, -0.2) is 12.0 Å². The van der Waals surface area contributed by atoms with Gasteiger partial charge in [0.1, 0.15) is 5.75 Å². The summed E-state index contributed by atoms with van der Waals surface area (Å²) in [5.74, 6) is 0.696. The minimum Gasteiger partial charge on any atom is -0.480 e. The Balaban J connectivity index is 2.03. The van der Waals surface area contributed by atoms with Crippen molar-refractivity contribution >= 4 is 5.91 Å². The first kappa shape index (κ1) is 19.0. The van der Waals surface area contributed by atoms with E-state index < -0.39 is 6.10 Å². The fraction of sp³-hybridized carbons (Fsp3) is 0.409. The number of hydrogen-bond acceptors (Lipinski definition) is 2. The zero-order chi connectivity index (χ0) is 18.4. The molecule has 0 unspecified atom stereocenters. The molecule has 0 spiro atoms. The molecule has 3 nitrogen and oxygen atoms in total. The predicted octanol–water partition coefficient (Wildman–Crippen LogP) is 4.90. The number of rotatable bonds is 7. The highest BCUT2D eigenvalue weighted by atomic mass is 16.5. The molecule has 0 aliphatic carbocycles. The molecule has 0 aliphatic rings. The van der Waals surface area contributed by atoms with Crippen molar-refractivity contribution in [2.45, 2.75) is 59.6 Å². The van der Waals surface area contributed by atoms with E-state index in [9.17, 15) is 4.79 Å². The van der Waals surface area contributed by atoms with Gasteiger partial charge in [0.05, 0.1) is 6.04 Å². The summed E-state index contributed by atoms with van der Waals surface area (Å²) in [5, 5.41) is 3.07. The van der Waals surface area contributed by atoms with Crippen LogP contribution in [-0.2, 0) is 11.2 Å². The van der Waals surface area contributed by atoms with E-state index in [-0.39, 0.29) is 11.9 Å². The van der Waals surface area contributed by atoms with Gasteiger partial charge in [-0.1, -0.05) is 55.8 Å². The lowest BCUT2D eigenvalue weighted by Crippen LogP contribution is -2.39. The van der Waals surface area contributed by atoms with Gasteiger partial charge in [0.2, 0.25) is 0 Å². The summed E-state index contributed by atoms with van der Waals surface area (Å²) in [5.41, 5.74) is 4.64. The fourth-order valence-corrected chi connectivity index (χ4v) is 2.84. The van der Waals surface area contributed by atoms with Gasteiger partial charge in [-0.25, -0.2) is 0 Å². The van der Waals surface area contributed by atoms with E-state index >= 15 is 0 Å². The smallest absolute Gasteiger partial charge is 0.261 e. The number of carbonyl (C=O) groups is 1. The summed E-state index contributed by atoms with van der Waals surface area (Å²) >= 11 is 0. The predicted molar refractivity (Wildman–Crippen MR) is 103 cm³/mol. The van der Waals surface area contributed by atoms with Gasteiger partial charge < -0.3 is 10.1 Å². The highest BCUT2D eigenvalue weighted by Gasteiger charge is 2.21. The van der Waals surface area contributed by atoms with Crippen LogP contribution in [0.1, 0.15) is 55.5 Å². The van der Waals surface area contributed by atoms with Crippen molar-refractivity contribution in [1.82, 2.24) is 5.32 Å². The number of ether oxygens (including phenoxy) is 1. The summed E-state index contributed by atoms with van der Waals surface area (Å²) in [6.45, 7) is 10.2. The van der Waals surface area contributed by atoms with E-state index in [2.05, 4.69) is 42.6 Å². The Morgan fingerprint density at radius 1 is 1.08 bits per heavy atom. The minimum atomic E-state index is -0.487. The van der Waals surface area contributed by atoms with Crippen LogP contribution in [0.25, 0.3) is 0 Å². The number of nitrogens with one attached hydrogen (secondary N) is 1. The molecule has 2 atom stereocenters. The van der Waals surface area contributed by atoms with Crippen molar-refractivity contribution in [2.24, 2.45) is 0 Å². The van der Waals surface area contributed by atoms with Crippen LogP contribution in [0.2, 0.25) is 0 Å². The second-order valence-electron chi connectivity index (χ2n) is 6.61. The van der Waals surface area contributed by atoms with E-state index in [1.807, 2.05) is 39.8 Å². The summed E-state index contributed by atoms with van der Waals surface area (Å²) in [6.07, 6.45) is 1.15. The highest BCUT2D eigenvalue weighted by Crippen LogP contribution is 2.21. The normalized spacial score (nSPS) is 13.2.